The Balaban J connectivity index is 1.74. The fourth-order valence-electron chi connectivity index (χ4n) is 3.57. The van der Waals surface area contributed by atoms with Crippen molar-refractivity contribution in [1.29, 1.82) is 0 Å². The molecule has 2 aromatic rings. The predicted molar refractivity (Wildman–Crippen MR) is 121 cm³/mol. The van der Waals surface area contributed by atoms with Crippen molar-refractivity contribution in [2.24, 2.45) is 0 Å². The van der Waals surface area contributed by atoms with Gasteiger partial charge in [-0.05, 0) is 76.1 Å². The van der Waals surface area contributed by atoms with Gasteiger partial charge >= 0.3 is 0 Å². The SMILES string of the molecule is CN1C(=O)C(C)(C)c2cc(S(=O)(=O)NCc3ccc(C(=O)NC(C)(C)C)cc3)ccc21. The van der Waals surface area contributed by atoms with Crippen LogP contribution in [0.25, 0.3) is 0 Å². The summed E-state index contributed by atoms with van der Waals surface area (Å²) in [5.41, 5.74) is 1.53. The van der Waals surface area contributed by atoms with Gasteiger partial charge < -0.3 is 10.2 Å². The van der Waals surface area contributed by atoms with E-state index < -0.39 is 15.4 Å². The van der Waals surface area contributed by atoms with E-state index in [1.165, 1.54) is 6.07 Å². The Bertz CT molecular complexity index is 1130. The maximum absolute atomic E-state index is 12.8. The molecule has 0 aliphatic carbocycles. The lowest BCUT2D eigenvalue weighted by molar-refractivity contribution is -0.121. The molecule has 0 fully saturated rings. The molecule has 1 aliphatic rings. The van der Waals surface area contributed by atoms with Crippen LogP contribution in [0.1, 0.15) is 56.1 Å². The molecule has 0 saturated heterocycles. The summed E-state index contributed by atoms with van der Waals surface area (Å²) in [7, 11) is -2.09. The lowest BCUT2D eigenvalue weighted by Crippen LogP contribution is -2.40. The maximum atomic E-state index is 12.8. The van der Waals surface area contributed by atoms with Gasteiger partial charge in [0.2, 0.25) is 15.9 Å². The molecule has 0 saturated carbocycles. The molecule has 2 aromatic carbocycles. The maximum Gasteiger partial charge on any atom is 0.251 e. The molecule has 1 aliphatic heterocycles. The number of amides is 2. The topological polar surface area (TPSA) is 95.6 Å². The van der Waals surface area contributed by atoms with Gasteiger partial charge in [-0.3, -0.25) is 9.59 Å². The van der Waals surface area contributed by atoms with E-state index in [1.807, 2.05) is 20.8 Å². The first-order valence-electron chi connectivity index (χ1n) is 10.1. The van der Waals surface area contributed by atoms with Crippen molar-refractivity contribution in [3.8, 4) is 0 Å². The van der Waals surface area contributed by atoms with Crippen LogP contribution in [0.15, 0.2) is 47.4 Å². The number of sulfonamides is 1. The van der Waals surface area contributed by atoms with Crippen LogP contribution in [-0.4, -0.2) is 32.8 Å². The van der Waals surface area contributed by atoms with Crippen molar-refractivity contribution in [2.75, 3.05) is 11.9 Å². The molecule has 0 radical (unpaired) electrons. The average molecular weight is 444 g/mol. The molecule has 1 heterocycles. The highest BCUT2D eigenvalue weighted by Gasteiger charge is 2.42. The lowest BCUT2D eigenvalue weighted by Gasteiger charge is -2.20. The summed E-state index contributed by atoms with van der Waals surface area (Å²) >= 11 is 0. The van der Waals surface area contributed by atoms with Crippen molar-refractivity contribution in [3.05, 3.63) is 59.2 Å². The zero-order chi connectivity index (χ0) is 23.2. The second-order valence-corrected chi connectivity index (χ2v) is 11.2. The Kier molecular flexibility index (Phi) is 5.75. The minimum absolute atomic E-state index is 0.0689. The van der Waals surface area contributed by atoms with E-state index in [0.29, 0.717) is 11.1 Å². The smallest absolute Gasteiger partial charge is 0.251 e. The van der Waals surface area contributed by atoms with Crippen molar-refractivity contribution in [3.63, 3.8) is 0 Å². The van der Waals surface area contributed by atoms with Crippen molar-refractivity contribution >= 4 is 27.5 Å². The van der Waals surface area contributed by atoms with Crippen LogP contribution in [0.5, 0.6) is 0 Å². The number of carbonyl (C=O) groups excluding carboxylic acids is 2. The summed E-state index contributed by atoms with van der Waals surface area (Å²) in [6.07, 6.45) is 0. The Morgan fingerprint density at radius 3 is 2.26 bits per heavy atom. The van der Waals surface area contributed by atoms with Gasteiger partial charge in [0.1, 0.15) is 0 Å². The Morgan fingerprint density at radius 1 is 1.06 bits per heavy atom. The first kappa shape index (κ1) is 23.0. The molecule has 0 spiro atoms. The Labute approximate surface area is 183 Å². The summed E-state index contributed by atoms with van der Waals surface area (Å²) in [5, 5.41) is 2.89. The molecule has 166 valence electrons. The van der Waals surface area contributed by atoms with Crippen LogP contribution in [0.3, 0.4) is 0 Å². The first-order valence-corrected chi connectivity index (χ1v) is 11.5. The number of carbonyl (C=O) groups is 2. The van der Waals surface area contributed by atoms with E-state index in [4.69, 9.17) is 0 Å². The highest BCUT2D eigenvalue weighted by molar-refractivity contribution is 7.89. The molecule has 2 amide bonds. The zero-order valence-corrected chi connectivity index (χ0v) is 19.6. The van der Waals surface area contributed by atoms with Gasteiger partial charge in [0.15, 0.2) is 0 Å². The molecule has 2 N–H and O–H groups in total. The third kappa shape index (κ3) is 4.65. The Morgan fingerprint density at radius 2 is 1.68 bits per heavy atom. The number of likely N-dealkylation sites (N-methyl/N-ethyl adjacent to an activating group) is 1. The fourth-order valence-corrected chi connectivity index (χ4v) is 4.61. The molecule has 0 atom stereocenters. The van der Waals surface area contributed by atoms with Gasteiger partial charge in [-0.25, -0.2) is 13.1 Å². The molecule has 0 bridgehead atoms. The normalized spacial score (nSPS) is 15.7. The number of hydrogen-bond acceptors (Lipinski definition) is 4. The van der Waals surface area contributed by atoms with Gasteiger partial charge in [0.25, 0.3) is 5.91 Å². The second-order valence-electron chi connectivity index (χ2n) is 9.39. The van der Waals surface area contributed by atoms with Crippen LogP contribution in [0, 0.1) is 0 Å². The van der Waals surface area contributed by atoms with Gasteiger partial charge in [0.05, 0.1) is 10.3 Å². The van der Waals surface area contributed by atoms with Crippen molar-refractivity contribution in [1.82, 2.24) is 10.0 Å². The number of nitrogens with one attached hydrogen (secondary N) is 2. The second kappa shape index (κ2) is 7.76. The van der Waals surface area contributed by atoms with Gasteiger partial charge in [-0.15, -0.1) is 0 Å². The highest BCUT2D eigenvalue weighted by atomic mass is 32.2. The lowest BCUT2D eigenvalue weighted by atomic mass is 9.86. The summed E-state index contributed by atoms with van der Waals surface area (Å²) in [6.45, 7) is 9.38. The summed E-state index contributed by atoms with van der Waals surface area (Å²) < 4.78 is 28.3. The van der Waals surface area contributed by atoms with E-state index in [0.717, 1.165) is 11.3 Å². The van der Waals surface area contributed by atoms with Gasteiger partial charge in [-0.2, -0.15) is 0 Å². The van der Waals surface area contributed by atoms with E-state index >= 15 is 0 Å². The van der Waals surface area contributed by atoms with Crippen LogP contribution in [0.4, 0.5) is 5.69 Å². The highest BCUT2D eigenvalue weighted by Crippen LogP contribution is 2.41. The molecule has 31 heavy (non-hydrogen) atoms. The fraction of sp³-hybridized carbons (Fsp3) is 0.391. The predicted octanol–water partition coefficient (Wildman–Crippen LogP) is 2.95. The van der Waals surface area contributed by atoms with Crippen molar-refractivity contribution in [2.45, 2.75) is 57.0 Å². The number of fused-ring (bicyclic) bond motifs is 1. The van der Waals surface area contributed by atoms with E-state index in [1.54, 1.807) is 62.2 Å². The van der Waals surface area contributed by atoms with Crippen LogP contribution < -0.4 is 14.9 Å². The molecular weight excluding hydrogens is 414 g/mol. The minimum atomic E-state index is -3.77. The monoisotopic (exact) mass is 443 g/mol. The molecule has 3 rings (SSSR count). The van der Waals surface area contributed by atoms with Crippen molar-refractivity contribution < 1.29 is 18.0 Å². The minimum Gasteiger partial charge on any atom is -0.347 e. The standard InChI is InChI=1S/C23H29N3O4S/c1-22(2,3)25-20(27)16-9-7-15(8-10-16)14-24-31(29,30)17-11-12-19-18(13-17)23(4,5)21(28)26(19)6/h7-13,24H,14H2,1-6H3,(H,25,27). The molecule has 0 aromatic heterocycles. The third-order valence-corrected chi connectivity index (χ3v) is 6.72. The average Bonchev–Trinajstić information content (AvgIpc) is 2.86. The van der Waals surface area contributed by atoms with E-state index in [2.05, 4.69) is 10.0 Å². The molecule has 7 nitrogen and oxygen atoms in total. The summed E-state index contributed by atoms with van der Waals surface area (Å²) in [6, 6.07) is 11.5. The third-order valence-electron chi connectivity index (χ3n) is 5.32. The van der Waals surface area contributed by atoms with Crippen LogP contribution in [0.2, 0.25) is 0 Å². The Hall–Kier alpha value is -2.71. The zero-order valence-electron chi connectivity index (χ0n) is 18.7. The molecular formula is C23H29N3O4S. The number of benzene rings is 2. The molecule has 8 heteroatoms. The number of anilines is 1. The summed E-state index contributed by atoms with van der Waals surface area (Å²) in [4.78, 5) is 26.3. The van der Waals surface area contributed by atoms with E-state index in [-0.39, 0.29) is 28.8 Å². The summed E-state index contributed by atoms with van der Waals surface area (Å²) in [5.74, 6) is -0.250. The quantitative estimate of drug-likeness (QED) is 0.743. The van der Waals surface area contributed by atoms with Gasteiger partial charge in [0, 0.05) is 30.4 Å². The first-order chi connectivity index (χ1) is 14.2. The molecule has 0 unspecified atom stereocenters. The number of rotatable bonds is 5. The largest absolute Gasteiger partial charge is 0.347 e. The van der Waals surface area contributed by atoms with Gasteiger partial charge in [-0.1, -0.05) is 12.1 Å². The van der Waals surface area contributed by atoms with E-state index in [9.17, 15) is 18.0 Å². The number of hydrogen-bond donors (Lipinski definition) is 2. The number of nitrogens with zero attached hydrogens (tertiary/aromatic N) is 1. The van der Waals surface area contributed by atoms with Crippen LogP contribution >= 0.6 is 0 Å². The van der Waals surface area contributed by atoms with Crippen LogP contribution in [-0.2, 0) is 26.8 Å².